The van der Waals surface area contributed by atoms with E-state index in [1.165, 1.54) is 33.4 Å². The lowest BCUT2D eigenvalue weighted by molar-refractivity contribution is 0.669. The fourth-order valence-corrected chi connectivity index (χ4v) is 8.22. The summed E-state index contributed by atoms with van der Waals surface area (Å²) in [7, 11) is 0. The Kier molecular flexibility index (Phi) is 6.62. The smallest absolute Gasteiger partial charge is 0.160 e. The maximum atomic E-state index is 6.30. The molecule has 3 nitrogen and oxygen atoms in total. The molecule has 1 atom stereocenters. The van der Waals surface area contributed by atoms with Crippen molar-refractivity contribution in [1.82, 2.24) is 9.97 Å². The van der Waals surface area contributed by atoms with Crippen LogP contribution in [0, 0.1) is 0 Å². The van der Waals surface area contributed by atoms with Crippen LogP contribution in [-0.4, -0.2) is 9.97 Å². The Balaban J connectivity index is 1.22. The Morgan fingerprint density at radius 1 is 0.451 bits per heavy atom. The Morgan fingerprint density at radius 2 is 1.02 bits per heavy atom. The van der Waals surface area contributed by atoms with Crippen molar-refractivity contribution >= 4 is 21.9 Å². The van der Waals surface area contributed by atoms with Gasteiger partial charge in [0.2, 0.25) is 0 Å². The van der Waals surface area contributed by atoms with Crippen molar-refractivity contribution in [1.29, 1.82) is 0 Å². The van der Waals surface area contributed by atoms with Gasteiger partial charge in [-0.2, -0.15) is 0 Å². The zero-order valence-corrected chi connectivity index (χ0v) is 28.0. The summed E-state index contributed by atoms with van der Waals surface area (Å²) >= 11 is 0. The Hall–Kier alpha value is -6.58. The summed E-state index contributed by atoms with van der Waals surface area (Å²) in [5.41, 5.74) is 15.0. The standard InChI is InChI=1S/C48H32N2O/c1-48(32-18-6-3-7-19-32)39-26-12-10-22-36(39)45-35(24-14-27-40(45)48)33-20-8-9-21-34(33)41-30-42(50-47(49-41)31-16-4-2-5-17-31)37-25-15-29-44-46(37)38-23-11-13-28-43(38)51-44/h2-30H,1H3. The molecule has 0 amide bonds. The second-order valence-corrected chi connectivity index (χ2v) is 13.4. The lowest BCUT2D eigenvalue weighted by Crippen LogP contribution is -2.22. The predicted octanol–water partition coefficient (Wildman–Crippen LogP) is 12.4. The van der Waals surface area contributed by atoms with Crippen LogP contribution in [0.5, 0.6) is 0 Å². The number of hydrogen-bond acceptors (Lipinski definition) is 3. The van der Waals surface area contributed by atoms with Crippen molar-refractivity contribution in [3.05, 3.63) is 193 Å². The van der Waals surface area contributed by atoms with Gasteiger partial charge in [-0.25, -0.2) is 9.97 Å². The highest BCUT2D eigenvalue weighted by Crippen LogP contribution is 2.55. The third kappa shape index (κ3) is 4.52. The lowest BCUT2D eigenvalue weighted by Gasteiger charge is -2.28. The molecule has 9 aromatic rings. The van der Waals surface area contributed by atoms with E-state index < -0.39 is 0 Å². The first-order chi connectivity index (χ1) is 25.2. The maximum absolute atomic E-state index is 6.30. The molecule has 0 spiro atoms. The van der Waals surface area contributed by atoms with Gasteiger partial charge in [0.25, 0.3) is 0 Å². The molecule has 2 heterocycles. The van der Waals surface area contributed by atoms with Crippen molar-refractivity contribution < 1.29 is 4.42 Å². The van der Waals surface area contributed by atoms with E-state index in [0.717, 1.165) is 55.6 Å². The quantitative estimate of drug-likeness (QED) is 0.186. The number of hydrogen-bond donors (Lipinski definition) is 0. The minimum absolute atomic E-state index is 0.285. The third-order valence-corrected chi connectivity index (χ3v) is 10.6. The molecule has 2 aromatic heterocycles. The van der Waals surface area contributed by atoms with Gasteiger partial charge in [-0.05, 0) is 64.1 Å². The molecular formula is C48H32N2O. The number of nitrogens with zero attached hydrogens (tertiary/aromatic N) is 2. The van der Waals surface area contributed by atoms with Gasteiger partial charge >= 0.3 is 0 Å². The number of rotatable bonds is 5. The van der Waals surface area contributed by atoms with Crippen LogP contribution in [0.2, 0.25) is 0 Å². The topological polar surface area (TPSA) is 38.9 Å². The molecule has 0 saturated carbocycles. The summed E-state index contributed by atoms with van der Waals surface area (Å²) < 4.78 is 6.30. The monoisotopic (exact) mass is 652 g/mol. The average Bonchev–Trinajstić information content (AvgIpc) is 3.72. The summed E-state index contributed by atoms with van der Waals surface area (Å²) in [5, 5.41) is 2.13. The molecule has 0 bridgehead atoms. The first-order valence-electron chi connectivity index (χ1n) is 17.4. The van der Waals surface area contributed by atoms with E-state index in [2.05, 4.69) is 140 Å². The first-order valence-corrected chi connectivity index (χ1v) is 17.4. The zero-order chi connectivity index (χ0) is 33.9. The molecule has 1 aliphatic rings. The third-order valence-electron chi connectivity index (χ3n) is 10.6. The Bertz CT molecular complexity index is 2760. The van der Waals surface area contributed by atoms with Crippen LogP contribution in [0.1, 0.15) is 23.6 Å². The summed E-state index contributed by atoms with van der Waals surface area (Å²) in [6.45, 7) is 2.37. The number of para-hydroxylation sites is 1. The molecule has 0 fully saturated rings. The van der Waals surface area contributed by atoms with Crippen molar-refractivity contribution in [3.63, 3.8) is 0 Å². The molecule has 3 heteroatoms. The fourth-order valence-electron chi connectivity index (χ4n) is 8.22. The van der Waals surface area contributed by atoms with Gasteiger partial charge in [-0.3, -0.25) is 0 Å². The molecule has 51 heavy (non-hydrogen) atoms. The van der Waals surface area contributed by atoms with E-state index in [4.69, 9.17) is 14.4 Å². The molecule has 10 rings (SSSR count). The van der Waals surface area contributed by atoms with E-state index in [0.29, 0.717) is 5.82 Å². The number of fused-ring (bicyclic) bond motifs is 6. The Labute approximate surface area is 296 Å². The van der Waals surface area contributed by atoms with Crippen LogP contribution in [0.15, 0.2) is 180 Å². The van der Waals surface area contributed by atoms with Gasteiger partial charge in [-0.15, -0.1) is 0 Å². The molecule has 0 saturated heterocycles. The number of benzene rings is 7. The molecule has 1 aliphatic carbocycles. The van der Waals surface area contributed by atoms with Crippen molar-refractivity contribution in [2.45, 2.75) is 12.3 Å². The summed E-state index contributed by atoms with van der Waals surface area (Å²) in [6.07, 6.45) is 0. The van der Waals surface area contributed by atoms with E-state index >= 15 is 0 Å². The summed E-state index contributed by atoms with van der Waals surface area (Å²) in [4.78, 5) is 10.5. The molecule has 0 N–H and O–H groups in total. The maximum Gasteiger partial charge on any atom is 0.160 e. The van der Waals surface area contributed by atoms with E-state index in [1.54, 1.807) is 0 Å². The fraction of sp³-hybridized carbons (Fsp3) is 0.0417. The summed E-state index contributed by atoms with van der Waals surface area (Å²) in [5.74, 6) is 0.683. The van der Waals surface area contributed by atoms with Crippen LogP contribution in [0.25, 0.3) is 78.1 Å². The first kappa shape index (κ1) is 29.3. The highest BCUT2D eigenvalue weighted by molar-refractivity contribution is 6.12. The molecule has 7 aromatic carbocycles. The van der Waals surface area contributed by atoms with Crippen molar-refractivity contribution in [3.8, 4) is 56.2 Å². The van der Waals surface area contributed by atoms with Gasteiger partial charge in [0.1, 0.15) is 11.2 Å². The molecule has 240 valence electrons. The van der Waals surface area contributed by atoms with E-state index in [1.807, 2.05) is 42.5 Å². The second-order valence-electron chi connectivity index (χ2n) is 13.4. The van der Waals surface area contributed by atoms with Gasteiger partial charge in [0.05, 0.1) is 11.4 Å². The van der Waals surface area contributed by atoms with Crippen LogP contribution in [0.3, 0.4) is 0 Å². The molecule has 1 unspecified atom stereocenters. The minimum atomic E-state index is -0.285. The van der Waals surface area contributed by atoms with Crippen molar-refractivity contribution in [2.24, 2.45) is 0 Å². The van der Waals surface area contributed by atoms with Gasteiger partial charge < -0.3 is 4.42 Å². The molecule has 0 radical (unpaired) electrons. The minimum Gasteiger partial charge on any atom is -0.456 e. The van der Waals surface area contributed by atoms with Gasteiger partial charge in [0.15, 0.2) is 5.82 Å². The van der Waals surface area contributed by atoms with Gasteiger partial charge in [0, 0.05) is 32.9 Å². The molecular weight excluding hydrogens is 621 g/mol. The van der Waals surface area contributed by atoms with Gasteiger partial charge in [-0.1, -0.05) is 158 Å². The highest BCUT2D eigenvalue weighted by atomic mass is 16.3. The van der Waals surface area contributed by atoms with E-state index in [-0.39, 0.29) is 5.41 Å². The van der Waals surface area contributed by atoms with E-state index in [9.17, 15) is 0 Å². The zero-order valence-electron chi connectivity index (χ0n) is 28.0. The highest BCUT2D eigenvalue weighted by Gasteiger charge is 2.41. The Morgan fingerprint density at radius 3 is 1.84 bits per heavy atom. The average molecular weight is 653 g/mol. The largest absolute Gasteiger partial charge is 0.456 e. The van der Waals surface area contributed by atoms with Crippen LogP contribution < -0.4 is 0 Å². The number of aromatic nitrogens is 2. The predicted molar refractivity (Wildman–Crippen MR) is 208 cm³/mol. The summed E-state index contributed by atoms with van der Waals surface area (Å²) in [6, 6.07) is 62.1. The number of furan rings is 1. The normalized spacial score (nSPS) is 14.8. The SMILES string of the molecule is CC1(c2ccccc2)c2ccccc2-c2c(-c3ccccc3-c3cc(-c4cccc5oc6ccccc6c45)nc(-c4ccccc4)n3)cccc21. The second kappa shape index (κ2) is 11.5. The lowest BCUT2D eigenvalue weighted by atomic mass is 9.74. The molecule has 0 aliphatic heterocycles. The van der Waals surface area contributed by atoms with Crippen LogP contribution >= 0.6 is 0 Å². The van der Waals surface area contributed by atoms with Crippen LogP contribution in [-0.2, 0) is 5.41 Å². The van der Waals surface area contributed by atoms with Crippen LogP contribution in [0.4, 0.5) is 0 Å². The van der Waals surface area contributed by atoms with Crippen molar-refractivity contribution in [2.75, 3.05) is 0 Å².